The maximum Gasteiger partial charge on any atom is 0.340 e. The normalized spacial score (nSPS) is 16.8. The molecule has 2 heterocycles. The molecular weight excluding hydrogens is 344 g/mol. The van der Waals surface area contributed by atoms with E-state index in [2.05, 4.69) is 68.8 Å². The summed E-state index contributed by atoms with van der Waals surface area (Å²) in [6.07, 6.45) is 2.36. The van der Waals surface area contributed by atoms with Gasteiger partial charge in [0, 0.05) is 6.54 Å². The number of H-pyrrole nitrogens is 2. The number of rotatable bonds is 6. The van der Waals surface area contributed by atoms with Crippen molar-refractivity contribution in [3.8, 4) is 0 Å². The minimum absolute atomic E-state index is 0.147. The minimum Gasteiger partial charge on any atom is -0.336 e. The van der Waals surface area contributed by atoms with E-state index in [-0.39, 0.29) is 24.3 Å². The third-order valence-electron chi connectivity index (χ3n) is 5.14. The number of carbonyl (C=O) groups excluding carboxylic acids is 1. The molecule has 8 nitrogen and oxygen atoms in total. The van der Waals surface area contributed by atoms with Gasteiger partial charge in [0.25, 0.3) is 0 Å². The molecule has 1 fully saturated rings. The smallest absolute Gasteiger partial charge is 0.336 e. The first-order valence-electron chi connectivity index (χ1n) is 9.47. The van der Waals surface area contributed by atoms with Crippen molar-refractivity contribution in [1.29, 1.82) is 0 Å². The fourth-order valence-electron chi connectivity index (χ4n) is 3.39. The number of benzene rings is 1. The van der Waals surface area contributed by atoms with Crippen LogP contribution in [0.25, 0.3) is 0 Å². The van der Waals surface area contributed by atoms with E-state index in [1.807, 2.05) is 0 Å². The van der Waals surface area contributed by atoms with E-state index in [0.717, 1.165) is 19.0 Å². The Balaban J connectivity index is 1.59. The van der Waals surface area contributed by atoms with Gasteiger partial charge in [-0.15, -0.1) is 0 Å². The fraction of sp³-hybridized carbons (Fsp3) is 0.526. The molecule has 146 valence electrons. The zero-order valence-corrected chi connectivity index (χ0v) is 15.9. The Morgan fingerprint density at radius 1 is 1.26 bits per heavy atom. The van der Waals surface area contributed by atoms with Crippen molar-refractivity contribution in [2.45, 2.75) is 39.3 Å². The number of aromatic nitrogens is 3. The van der Waals surface area contributed by atoms with Crippen LogP contribution >= 0.6 is 0 Å². The largest absolute Gasteiger partial charge is 0.340 e. The van der Waals surface area contributed by atoms with Crippen LogP contribution in [0.3, 0.4) is 0 Å². The van der Waals surface area contributed by atoms with Gasteiger partial charge in [-0.25, -0.2) is 14.7 Å². The van der Waals surface area contributed by atoms with Crippen LogP contribution in [0.4, 0.5) is 4.79 Å². The molecule has 0 unspecified atom stereocenters. The number of carbonyl (C=O) groups is 1. The number of amides is 2. The lowest BCUT2D eigenvalue weighted by Gasteiger charge is -2.37. The average molecular weight is 372 g/mol. The molecule has 0 radical (unpaired) electrons. The van der Waals surface area contributed by atoms with Gasteiger partial charge in [0.15, 0.2) is 0 Å². The van der Waals surface area contributed by atoms with Gasteiger partial charge in [-0.1, -0.05) is 36.8 Å². The highest BCUT2D eigenvalue weighted by atomic mass is 16.2. The van der Waals surface area contributed by atoms with Crippen LogP contribution in [0.5, 0.6) is 0 Å². The molecule has 1 aliphatic rings. The Morgan fingerprint density at radius 2 is 1.96 bits per heavy atom. The SMILES string of the molecule is Cc1ccc([C@H](CNC(=O)NCc2n[nH]c(=O)[nH]2)N2CCC(C)CC2)cc1. The van der Waals surface area contributed by atoms with Gasteiger partial charge in [-0.05, 0) is 44.3 Å². The molecule has 27 heavy (non-hydrogen) atoms. The summed E-state index contributed by atoms with van der Waals surface area (Å²) in [5.41, 5.74) is 2.06. The van der Waals surface area contributed by atoms with Crippen molar-refractivity contribution in [2.24, 2.45) is 5.92 Å². The van der Waals surface area contributed by atoms with Gasteiger partial charge in [0.1, 0.15) is 5.82 Å². The summed E-state index contributed by atoms with van der Waals surface area (Å²) in [7, 11) is 0. The lowest BCUT2D eigenvalue weighted by Crippen LogP contribution is -2.44. The van der Waals surface area contributed by atoms with Crippen molar-refractivity contribution in [1.82, 2.24) is 30.7 Å². The number of aryl methyl sites for hydroxylation is 1. The molecule has 0 spiro atoms. The average Bonchev–Trinajstić information content (AvgIpc) is 3.08. The molecule has 1 aliphatic heterocycles. The first kappa shape index (κ1) is 19.2. The van der Waals surface area contributed by atoms with Crippen molar-refractivity contribution < 1.29 is 4.79 Å². The lowest BCUT2D eigenvalue weighted by molar-refractivity contribution is 0.136. The maximum atomic E-state index is 12.2. The Bertz CT molecular complexity index is 789. The van der Waals surface area contributed by atoms with Crippen LogP contribution in [-0.4, -0.2) is 45.7 Å². The molecule has 0 aliphatic carbocycles. The summed E-state index contributed by atoms with van der Waals surface area (Å²) in [5, 5.41) is 11.7. The van der Waals surface area contributed by atoms with Gasteiger partial charge >= 0.3 is 11.7 Å². The summed E-state index contributed by atoms with van der Waals surface area (Å²) >= 11 is 0. The molecule has 4 N–H and O–H groups in total. The van der Waals surface area contributed by atoms with Gasteiger partial charge < -0.3 is 10.6 Å². The lowest BCUT2D eigenvalue weighted by atomic mass is 9.95. The highest BCUT2D eigenvalue weighted by Crippen LogP contribution is 2.26. The Morgan fingerprint density at radius 3 is 2.59 bits per heavy atom. The Kier molecular flexibility index (Phi) is 6.28. The van der Waals surface area contributed by atoms with E-state index in [9.17, 15) is 9.59 Å². The standard InChI is InChI=1S/C19H28N6O2/c1-13-3-5-15(6-4-13)16(25-9-7-14(2)8-10-25)11-20-18(26)21-12-17-22-19(27)24-23-17/h3-6,14,16H,7-12H2,1-2H3,(H2,20,21,26)(H2,22,23,24,27)/t16-/m0/s1. The van der Waals surface area contributed by atoms with Crippen LogP contribution < -0.4 is 16.3 Å². The fourth-order valence-corrected chi connectivity index (χ4v) is 3.39. The summed E-state index contributed by atoms with van der Waals surface area (Å²) in [6.45, 7) is 7.14. The molecule has 1 aromatic heterocycles. The van der Waals surface area contributed by atoms with E-state index in [4.69, 9.17) is 0 Å². The van der Waals surface area contributed by atoms with Gasteiger partial charge in [-0.3, -0.25) is 9.88 Å². The summed E-state index contributed by atoms with van der Waals surface area (Å²) in [6, 6.07) is 8.39. The molecule has 1 atom stereocenters. The quantitative estimate of drug-likeness (QED) is 0.619. The second-order valence-electron chi connectivity index (χ2n) is 7.33. The number of nitrogens with one attached hydrogen (secondary N) is 4. The molecule has 0 saturated carbocycles. The van der Waals surface area contributed by atoms with Crippen LogP contribution in [0.1, 0.15) is 42.8 Å². The monoisotopic (exact) mass is 372 g/mol. The Hall–Kier alpha value is -2.61. The van der Waals surface area contributed by atoms with E-state index >= 15 is 0 Å². The zero-order chi connectivity index (χ0) is 19.2. The highest BCUT2D eigenvalue weighted by Gasteiger charge is 2.25. The number of aromatic amines is 2. The van der Waals surface area contributed by atoms with Crippen molar-refractivity contribution in [3.63, 3.8) is 0 Å². The summed E-state index contributed by atoms with van der Waals surface area (Å²) < 4.78 is 0. The number of hydrogen-bond donors (Lipinski definition) is 4. The third-order valence-corrected chi connectivity index (χ3v) is 5.14. The molecule has 8 heteroatoms. The molecule has 2 aromatic rings. The second-order valence-corrected chi connectivity index (χ2v) is 7.33. The second kappa shape index (κ2) is 8.85. The van der Waals surface area contributed by atoms with E-state index in [1.165, 1.54) is 24.0 Å². The Labute approximate surface area is 158 Å². The first-order chi connectivity index (χ1) is 13.0. The van der Waals surface area contributed by atoms with E-state index < -0.39 is 0 Å². The zero-order valence-electron chi connectivity index (χ0n) is 15.9. The number of nitrogens with zero attached hydrogens (tertiary/aromatic N) is 2. The van der Waals surface area contributed by atoms with Gasteiger partial charge in [-0.2, -0.15) is 5.10 Å². The molecule has 3 rings (SSSR count). The number of piperidine rings is 1. The molecule has 1 saturated heterocycles. The van der Waals surface area contributed by atoms with Crippen molar-refractivity contribution in [3.05, 3.63) is 51.7 Å². The predicted octanol–water partition coefficient (Wildman–Crippen LogP) is 1.68. The summed E-state index contributed by atoms with van der Waals surface area (Å²) in [4.78, 5) is 28.2. The number of urea groups is 1. The molecule has 0 bridgehead atoms. The highest BCUT2D eigenvalue weighted by molar-refractivity contribution is 5.73. The predicted molar refractivity (Wildman–Crippen MR) is 103 cm³/mol. The molecule has 2 amide bonds. The van der Waals surface area contributed by atoms with Gasteiger partial charge in [0.2, 0.25) is 0 Å². The first-order valence-corrected chi connectivity index (χ1v) is 9.47. The van der Waals surface area contributed by atoms with Crippen LogP contribution in [-0.2, 0) is 6.54 Å². The van der Waals surface area contributed by atoms with E-state index in [0.29, 0.717) is 12.4 Å². The van der Waals surface area contributed by atoms with Crippen molar-refractivity contribution >= 4 is 6.03 Å². The van der Waals surface area contributed by atoms with Crippen LogP contribution in [0.2, 0.25) is 0 Å². The van der Waals surface area contributed by atoms with Crippen molar-refractivity contribution in [2.75, 3.05) is 19.6 Å². The maximum absolute atomic E-state index is 12.2. The van der Waals surface area contributed by atoms with Crippen LogP contribution in [0, 0.1) is 12.8 Å². The third kappa shape index (κ3) is 5.43. The molecule has 1 aromatic carbocycles. The minimum atomic E-state index is -0.383. The molecular formula is C19H28N6O2. The van der Waals surface area contributed by atoms with Gasteiger partial charge in [0.05, 0.1) is 12.6 Å². The number of hydrogen-bond acceptors (Lipinski definition) is 4. The number of likely N-dealkylation sites (tertiary alicyclic amines) is 1. The summed E-state index contributed by atoms with van der Waals surface area (Å²) in [5.74, 6) is 1.16. The van der Waals surface area contributed by atoms with Crippen LogP contribution in [0.15, 0.2) is 29.1 Å². The topological polar surface area (TPSA) is 106 Å². The van der Waals surface area contributed by atoms with E-state index in [1.54, 1.807) is 0 Å².